The average molecular weight is 383 g/mol. The summed E-state index contributed by atoms with van der Waals surface area (Å²) in [5.41, 5.74) is 0.512. The molecular weight excluding hydrogens is 367 g/mol. The van der Waals surface area contributed by atoms with Crippen LogP contribution in [0.25, 0.3) is 0 Å². The Labute approximate surface area is 154 Å². The lowest BCUT2D eigenvalue weighted by molar-refractivity contribution is -0.116. The summed E-state index contributed by atoms with van der Waals surface area (Å²) >= 11 is 11.8. The van der Waals surface area contributed by atoms with Gasteiger partial charge in [-0.2, -0.15) is 0 Å². The minimum absolute atomic E-state index is 0.0487. The number of halogens is 2. The maximum Gasteiger partial charge on any atom is 0.322 e. The second-order valence-electron chi connectivity index (χ2n) is 5.79. The zero-order valence-electron chi connectivity index (χ0n) is 13.4. The fraction of sp³-hybridized carbons (Fsp3) is 0.312. The summed E-state index contributed by atoms with van der Waals surface area (Å²) in [7, 11) is 0. The number of carbonyl (C=O) groups excluding carboxylic acids is 2. The van der Waals surface area contributed by atoms with Crippen LogP contribution in [-0.4, -0.2) is 34.6 Å². The van der Waals surface area contributed by atoms with Crippen molar-refractivity contribution in [3.63, 3.8) is 0 Å². The van der Waals surface area contributed by atoms with Gasteiger partial charge in [0, 0.05) is 17.8 Å². The maximum atomic E-state index is 12.5. The Morgan fingerprint density at radius 3 is 2.60 bits per heavy atom. The van der Waals surface area contributed by atoms with Gasteiger partial charge in [0.25, 0.3) is 0 Å². The fourth-order valence-corrected chi connectivity index (χ4v) is 2.58. The van der Waals surface area contributed by atoms with E-state index in [1.54, 1.807) is 31.2 Å². The van der Waals surface area contributed by atoms with Crippen LogP contribution in [0.15, 0.2) is 28.8 Å². The van der Waals surface area contributed by atoms with Gasteiger partial charge in [-0.25, -0.2) is 4.79 Å². The summed E-state index contributed by atoms with van der Waals surface area (Å²) in [5, 5.41) is 9.79. The van der Waals surface area contributed by atoms with Gasteiger partial charge in [0.1, 0.15) is 12.3 Å². The lowest BCUT2D eigenvalue weighted by Gasteiger charge is -2.22. The van der Waals surface area contributed by atoms with Gasteiger partial charge in [0.2, 0.25) is 5.91 Å². The van der Waals surface area contributed by atoms with E-state index in [0.29, 0.717) is 27.3 Å². The van der Waals surface area contributed by atoms with Gasteiger partial charge in [0.05, 0.1) is 10.0 Å². The molecule has 1 fully saturated rings. The van der Waals surface area contributed by atoms with Crippen molar-refractivity contribution in [3.05, 3.63) is 40.1 Å². The molecule has 132 valence electrons. The summed E-state index contributed by atoms with van der Waals surface area (Å²) in [4.78, 5) is 26.2. The molecule has 3 rings (SSSR count). The number of carbonyl (C=O) groups is 2. The molecule has 7 nitrogen and oxygen atoms in total. The fourth-order valence-electron chi connectivity index (χ4n) is 2.28. The number of aryl methyl sites for hydroxylation is 1. The van der Waals surface area contributed by atoms with Gasteiger partial charge in [-0.15, -0.1) is 0 Å². The highest BCUT2D eigenvalue weighted by atomic mass is 35.5. The second kappa shape index (κ2) is 7.33. The minimum Gasteiger partial charge on any atom is -0.360 e. The van der Waals surface area contributed by atoms with Crippen molar-refractivity contribution in [2.45, 2.75) is 25.8 Å². The second-order valence-corrected chi connectivity index (χ2v) is 6.60. The molecule has 1 heterocycles. The minimum atomic E-state index is -0.368. The molecule has 1 aliphatic carbocycles. The molecule has 1 saturated carbocycles. The topological polar surface area (TPSA) is 87.5 Å². The van der Waals surface area contributed by atoms with Crippen molar-refractivity contribution < 1.29 is 14.1 Å². The van der Waals surface area contributed by atoms with Crippen LogP contribution in [0.5, 0.6) is 0 Å². The highest BCUT2D eigenvalue weighted by Crippen LogP contribution is 2.29. The highest BCUT2D eigenvalue weighted by molar-refractivity contribution is 6.42. The van der Waals surface area contributed by atoms with Crippen molar-refractivity contribution in [2.75, 3.05) is 17.2 Å². The molecule has 9 heteroatoms. The van der Waals surface area contributed by atoms with E-state index in [1.165, 1.54) is 4.90 Å². The predicted molar refractivity (Wildman–Crippen MR) is 95.1 cm³/mol. The van der Waals surface area contributed by atoms with Crippen LogP contribution in [-0.2, 0) is 4.79 Å². The van der Waals surface area contributed by atoms with E-state index in [2.05, 4.69) is 15.8 Å². The molecule has 1 aromatic heterocycles. The van der Waals surface area contributed by atoms with Gasteiger partial charge in [-0.3, -0.25) is 4.79 Å². The van der Waals surface area contributed by atoms with Crippen molar-refractivity contribution in [2.24, 2.45) is 0 Å². The molecule has 2 N–H and O–H groups in total. The van der Waals surface area contributed by atoms with Crippen LogP contribution in [0.4, 0.5) is 16.3 Å². The van der Waals surface area contributed by atoms with Gasteiger partial charge < -0.3 is 20.1 Å². The first kappa shape index (κ1) is 17.6. The number of hydrogen-bond donors (Lipinski definition) is 2. The Balaban J connectivity index is 1.62. The summed E-state index contributed by atoms with van der Waals surface area (Å²) in [6, 6.07) is 6.09. The first-order valence-electron chi connectivity index (χ1n) is 7.68. The molecule has 0 saturated heterocycles. The molecule has 2 aromatic rings. The summed E-state index contributed by atoms with van der Waals surface area (Å²) in [5.74, 6) is 0.569. The number of amides is 3. The van der Waals surface area contributed by atoms with Crippen LogP contribution in [0.2, 0.25) is 10.0 Å². The number of anilines is 2. The quantitative estimate of drug-likeness (QED) is 0.819. The van der Waals surface area contributed by atoms with Crippen LogP contribution in [0.3, 0.4) is 0 Å². The number of rotatable bonds is 5. The molecule has 1 aromatic carbocycles. The number of urea groups is 1. The van der Waals surface area contributed by atoms with Crippen LogP contribution >= 0.6 is 23.2 Å². The Morgan fingerprint density at radius 2 is 2.00 bits per heavy atom. The number of nitrogens with one attached hydrogen (secondary N) is 2. The average Bonchev–Trinajstić information content (AvgIpc) is 3.31. The SMILES string of the molecule is Cc1cc(NC(=O)CN(C(=O)Nc2ccc(Cl)c(Cl)c2)C2CC2)no1. The molecule has 1 aliphatic rings. The molecule has 3 amide bonds. The third kappa shape index (κ3) is 4.64. The van der Waals surface area contributed by atoms with Gasteiger partial charge >= 0.3 is 6.03 Å². The van der Waals surface area contributed by atoms with E-state index in [4.69, 9.17) is 27.7 Å². The van der Waals surface area contributed by atoms with E-state index in [9.17, 15) is 9.59 Å². The van der Waals surface area contributed by atoms with Crippen LogP contribution in [0.1, 0.15) is 18.6 Å². The van der Waals surface area contributed by atoms with E-state index in [0.717, 1.165) is 12.8 Å². The molecule has 0 aliphatic heterocycles. The van der Waals surface area contributed by atoms with Crippen LogP contribution in [0, 0.1) is 6.92 Å². The van der Waals surface area contributed by atoms with Crippen molar-refractivity contribution in [1.82, 2.24) is 10.1 Å². The number of aromatic nitrogens is 1. The first-order chi connectivity index (χ1) is 11.9. The molecule has 0 radical (unpaired) electrons. The van der Waals surface area contributed by atoms with Crippen LogP contribution < -0.4 is 10.6 Å². The van der Waals surface area contributed by atoms with E-state index in [1.807, 2.05) is 0 Å². The zero-order chi connectivity index (χ0) is 18.0. The first-order valence-corrected chi connectivity index (χ1v) is 8.44. The van der Waals surface area contributed by atoms with Crippen molar-refractivity contribution in [3.8, 4) is 0 Å². The summed E-state index contributed by atoms with van der Waals surface area (Å²) < 4.78 is 4.90. The molecule has 0 unspecified atom stereocenters. The molecule has 25 heavy (non-hydrogen) atoms. The highest BCUT2D eigenvalue weighted by Gasteiger charge is 2.34. The third-order valence-corrected chi connectivity index (χ3v) is 4.37. The Morgan fingerprint density at radius 1 is 1.24 bits per heavy atom. The summed E-state index contributed by atoms with van der Waals surface area (Å²) in [6.07, 6.45) is 1.73. The summed E-state index contributed by atoms with van der Waals surface area (Å²) in [6.45, 7) is 1.65. The smallest absolute Gasteiger partial charge is 0.322 e. The monoisotopic (exact) mass is 382 g/mol. The maximum absolute atomic E-state index is 12.5. The lowest BCUT2D eigenvalue weighted by Crippen LogP contribution is -2.42. The Bertz CT molecular complexity index is 804. The van der Waals surface area contributed by atoms with E-state index < -0.39 is 0 Å². The normalized spacial score (nSPS) is 13.4. The largest absolute Gasteiger partial charge is 0.360 e. The molecule has 0 atom stereocenters. The van der Waals surface area contributed by atoms with Gasteiger partial charge in [-0.05, 0) is 38.0 Å². The van der Waals surface area contributed by atoms with Gasteiger partial charge in [0.15, 0.2) is 5.82 Å². The molecule has 0 spiro atoms. The zero-order valence-corrected chi connectivity index (χ0v) is 14.9. The van der Waals surface area contributed by atoms with Crippen molar-refractivity contribution >= 4 is 46.6 Å². The lowest BCUT2D eigenvalue weighted by atomic mass is 10.3. The van der Waals surface area contributed by atoms with E-state index >= 15 is 0 Å². The molecular formula is C16H16Cl2N4O3. The number of hydrogen-bond acceptors (Lipinski definition) is 4. The third-order valence-electron chi connectivity index (χ3n) is 3.63. The number of benzene rings is 1. The number of nitrogens with zero attached hydrogens (tertiary/aromatic N) is 2. The molecule has 0 bridgehead atoms. The Hall–Kier alpha value is -2.25. The van der Waals surface area contributed by atoms with E-state index in [-0.39, 0.29) is 24.5 Å². The van der Waals surface area contributed by atoms with Gasteiger partial charge in [-0.1, -0.05) is 28.4 Å². The predicted octanol–water partition coefficient (Wildman–Crippen LogP) is 3.92. The standard InChI is InChI=1S/C16H16Cl2N4O3/c1-9-6-14(21-25-9)20-15(23)8-22(11-3-4-11)16(24)19-10-2-5-12(17)13(18)7-10/h2,5-7,11H,3-4,8H2,1H3,(H,19,24)(H,20,21,23). The van der Waals surface area contributed by atoms with Crippen molar-refractivity contribution in [1.29, 1.82) is 0 Å². The Kier molecular flexibility index (Phi) is 5.15.